The molecule has 4 rings (SSSR count). The highest BCUT2D eigenvalue weighted by Crippen LogP contribution is 2.29. The molecule has 0 aliphatic rings. The van der Waals surface area contributed by atoms with Crippen LogP contribution in [0.1, 0.15) is 42.3 Å². The second-order valence-electron chi connectivity index (χ2n) is 8.94. The number of aliphatic hydroxyl groups is 1. The van der Waals surface area contributed by atoms with Gasteiger partial charge in [0.2, 0.25) is 11.8 Å². The Morgan fingerprint density at radius 2 is 1.83 bits per heavy atom. The fourth-order valence-electron chi connectivity index (χ4n) is 3.66. The number of hydrogen-bond donors (Lipinski definition) is 1. The summed E-state index contributed by atoms with van der Waals surface area (Å²) in [7, 11) is 0. The monoisotopic (exact) mass is 553 g/mol. The summed E-state index contributed by atoms with van der Waals surface area (Å²) in [5.74, 6) is 0.188. The van der Waals surface area contributed by atoms with Crippen molar-refractivity contribution in [2.24, 2.45) is 0 Å². The average molecular weight is 554 g/mol. The number of aryl methyl sites for hydroxylation is 3. The molecule has 10 heteroatoms. The predicted octanol–water partition coefficient (Wildman–Crippen LogP) is 4.72. The summed E-state index contributed by atoms with van der Waals surface area (Å²) in [5, 5.41) is 10.4. The standard InChI is InChI=1S/C26H25BrFN5O3/c1-14-9-10-17(22-15(2)12-29-25(32-22)26(4,5)35)11-19(14)33-16(3)30-23(21(27)24(33)34)36-13-18-7-6-8-20(28)31-18/h6-12,35H,13H2,1-5H3. The van der Waals surface area contributed by atoms with Gasteiger partial charge in [-0.3, -0.25) is 9.36 Å². The summed E-state index contributed by atoms with van der Waals surface area (Å²) in [4.78, 5) is 30.5. The van der Waals surface area contributed by atoms with Crippen LogP contribution in [0.15, 0.2) is 51.9 Å². The molecule has 3 heterocycles. The van der Waals surface area contributed by atoms with Gasteiger partial charge in [-0.2, -0.15) is 9.37 Å². The van der Waals surface area contributed by atoms with Gasteiger partial charge in [0.1, 0.15) is 22.5 Å². The molecule has 1 aromatic carbocycles. The zero-order valence-electron chi connectivity index (χ0n) is 20.5. The van der Waals surface area contributed by atoms with Crippen LogP contribution in [0.4, 0.5) is 4.39 Å². The molecule has 8 nitrogen and oxygen atoms in total. The van der Waals surface area contributed by atoms with E-state index in [-0.39, 0.29) is 22.5 Å². The predicted molar refractivity (Wildman–Crippen MR) is 137 cm³/mol. The fourth-order valence-corrected chi connectivity index (χ4v) is 4.04. The molecule has 0 unspecified atom stereocenters. The molecule has 0 atom stereocenters. The maximum Gasteiger partial charge on any atom is 0.276 e. The van der Waals surface area contributed by atoms with Crippen LogP contribution in [0.3, 0.4) is 0 Å². The van der Waals surface area contributed by atoms with Crippen LogP contribution in [0, 0.1) is 26.7 Å². The van der Waals surface area contributed by atoms with Gasteiger partial charge in [0.25, 0.3) is 5.56 Å². The summed E-state index contributed by atoms with van der Waals surface area (Å²) >= 11 is 3.32. The topological polar surface area (TPSA) is 103 Å². The summed E-state index contributed by atoms with van der Waals surface area (Å²) in [6.07, 6.45) is 1.67. The van der Waals surface area contributed by atoms with Crippen molar-refractivity contribution >= 4 is 15.9 Å². The van der Waals surface area contributed by atoms with E-state index < -0.39 is 11.5 Å². The van der Waals surface area contributed by atoms with Crippen molar-refractivity contribution in [2.75, 3.05) is 0 Å². The van der Waals surface area contributed by atoms with Gasteiger partial charge in [-0.1, -0.05) is 18.2 Å². The zero-order valence-corrected chi connectivity index (χ0v) is 22.1. The van der Waals surface area contributed by atoms with E-state index in [9.17, 15) is 14.3 Å². The average Bonchev–Trinajstić information content (AvgIpc) is 2.81. The first-order valence-corrected chi connectivity index (χ1v) is 12.0. The van der Waals surface area contributed by atoms with E-state index in [1.807, 2.05) is 32.0 Å². The molecule has 4 aromatic rings. The smallest absolute Gasteiger partial charge is 0.276 e. The molecule has 0 amide bonds. The molecule has 0 spiro atoms. The summed E-state index contributed by atoms with van der Waals surface area (Å²) in [5.41, 5.74) is 2.55. The molecule has 3 aromatic heterocycles. The first-order chi connectivity index (χ1) is 17.0. The molecular formula is C26H25BrFN5O3. The Labute approximate surface area is 216 Å². The van der Waals surface area contributed by atoms with Crippen molar-refractivity contribution in [1.29, 1.82) is 0 Å². The van der Waals surface area contributed by atoms with Gasteiger partial charge in [-0.05, 0) is 79.9 Å². The van der Waals surface area contributed by atoms with Crippen LogP contribution in [0.5, 0.6) is 5.88 Å². The van der Waals surface area contributed by atoms with E-state index in [4.69, 9.17) is 4.74 Å². The number of halogens is 2. The van der Waals surface area contributed by atoms with Crippen LogP contribution in [-0.2, 0) is 12.2 Å². The third-order valence-electron chi connectivity index (χ3n) is 5.54. The van der Waals surface area contributed by atoms with E-state index in [2.05, 4.69) is 35.9 Å². The lowest BCUT2D eigenvalue weighted by atomic mass is 10.0. The number of pyridine rings is 1. The summed E-state index contributed by atoms with van der Waals surface area (Å²) < 4.78 is 20.7. The molecule has 0 fully saturated rings. The van der Waals surface area contributed by atoms with Crippen LogP contribution in [0.25, 0.3) is 16.9 Å². The lowest BCUT2D eigenvalue weighted by Crippen LogP contribution is -2.24. The van der Waals surface area contributed by atoms with Gasteiger partial charge >= 0.3 is 0 Å². The second-order valence-corrected chi connectivity index (χ2v) is 9.74. The highest BCUT2D eigenvalue weighted by molar-refractivity contribution is 9.10. The minimum Gasteiger partial charge on any atom is -0.470 e. The van der Waals surface area contributed by atoms with Crippen molar-refractivity contribution in [3.8, 4) is 22.8 Å². The lowest BCUT2D eigenvalue weighted by molar-refractivity contribution is 0.0688. The number of hydrogen-bond acceptors (Lipinski definition) is 7. The second kappa shape index (κ2) is 9.87. The quantitative estimate of drug-likeness (QED) is 0.344. The van der Waals surface area contributed by atoms with Crippen LogP contribution >= 0.6 is 15.9 Å². The number of rotatable bonds is 6. The van der Waals surface area contributed by atoms with Crippen molar-refractivity contribution in [3.05, 3.63) is 91.8 Å². The normalized spacial score (nSPS) is 11.6. The van der Waals surface area contributed by atoms with Crippen molar-refractivity contribution < 1.29 is 14.2 Å². The Morgan fingerprint density at radius 1 is 1.08 bits per heavy atom. The van der Waals surface area contributed by atoms with Crippen molar-refractivity contribution in [1.82, 2.24) is 24.5 Å². The SMILES string of the molecule is Cc1ccc(-c2nc(C(C)(C)O)ncc2C)cc1-n1c(C)nc(OCc2cccc(F)n2)c(Br)c1=O. The number of nitrogens with zero attached hydrogens (tertiary/aromatic N) is 5. The Bertz CT molecular complexity index is 1510. The maximum absolute atomic E-state index is 13.4. The largest absolute Gasteiger partial charge is 0.470 e. The third-order valence-corrected chi connectivity index (χ3v) is 6.22. The summed E-state index contributed by atoms with van der Waals surface area (Å²) in [6, 6.07) is 10.1. The lowest BCUT2D eigenvalue weighted by Gasteiger charge is -2.18. The highest BCUT2D eigenvalue weighted by atomic mass is 79.9. The van der Waals surface area contributed by atoms with Gasteiger partial charge in [0.15, 0.2) is 5.82 Å². The van der Waals surface area contributed by atoms with Crippen molar-refractivity contribution in [3.63, 3.8) is 0 Å². The zero-order chi connectivity index (χ0) is 26.2. The van der Waals surface area contributed by atoms with Gasteiger partial charge in [-0.15, -0.1) is 0 Å². The molecule has 0 aliphatic heterocycles. The first kappa shape index (κ1) is 25.6. The molecule has 1 N–H and O–H groups in total. The van der Waals surface area contributed by atoms with E-state index in [0.29, 0.717) is 28.7 Å². The minimum atomic E-state index is -1.20. The maximum atomic E-state index is 13.4. The van der Waals surface area contributed by atoms with Gasteiger partial charge in [0.05, 0.1) is 17.1 Å². The van der Waals surface area contributed by atoms with E-state index in [1.165, 1.54) is 16.7 Å². The van der Waals surface area contributed by atoms with Gasteiger partial charge in [0, 0.05) is 11.8 Å². The van der Waals surface area contributed by atoms with E-state index in [1.54, 1.807) is 33.0 Å². The van der Waals surface area contributed by atoms with Crippen molar-refractivity contribution in [2.45, 2.75) is 46.8 Å². The number of ether oxygens (including phenoxy) is 1. The Balaban J connectivity index is 1.75. The number of aromatic nitrogens is 5. The van der Waals surface area contributed by atoms with Gasteiger partial charge in [-0.25, -0.2) is 15.0 Å². The first-order valence-electron chi connectivity index (χ1n) is 11.2. The highest BCUT2D eigenvalue weighted by Gasteiger charge is 2.22. The Kier molecular flexibility index (Phi) is 7.01. The number of benzene rings is 1. The molecule has 186 valence electrons. The third kappa shape index (κ3) is 5.19. The molecule has 0 radical (unpaired) electrons. The molecule has 0 aliphatic carbocycles. The van der Waals surface area contributed by atoms with Crippen LogP contribution in [-0.4, -0.2) is 29.6 Å². The van der Waals surface area contributed by atoms with Gasteiger partial charge < -0.3 is 9.84 Å². The van der Waals surface area contributed by atoms with Crippen LogP contribution < -0.4 is 10.3 Å². The fraction of sp³-hybridized carbons (Fsp3) is 0.269. The molecular weight excluding hydrogens is 529 g/mol. The molecule has 0 saturated heterocycles. The summed E-state index contributed by atoms with van der Waals surface area (Å²) in [6.45, 7) is 8.70. The van der Waals surface area contributed by atoms with E-state index >= 15 is 0 Å². The van der Waals surface area contributed by atoms with E-state index in [0.717, 1.165) is 16.7 Å². The Morgan fingerprint density at radius 3 is 2.53 bits per heavy atom. The van der Waals surface area contributed by atoms with Crippen LogP contribution in [0.2, 0.25) is 0 Å². The molecule has 36 heavy (non-hydrogen) atoms. The Hall–Kier alpha value is -3.50. The molecule has 0 bridgehead atoms. The molecule has 0 saturated carbocycles. The minimum absolute atomic E-state index is 0.0444.